The Morgan fingerprint density at radius 3 is 2.76 bits per heavy atom. The zero-order valence-corrected chi connectivity index (χ0v) is 16.9. The van der Waals surface area contributed by atoms with Crippen LogP contribution < -0.4 is 5.69 Å². The lowest BCUT2D eigenvalue weighted by molar-refractivity contribution is 0.0825. The Balaban J connectivity index is 1.63. The summed E-state index contributed by atoms with van der Waals surface area (Å²) in [5.41, 5.74) is 1.73. The standard InChI is InChI=1S/C18H22N6O4S/c1-23(2)17(25)13-9-19-22-16(13)11-4-3-7-24(10-11)29(27,28)12-5-6-14-15(8-12)21-18(26)20-14/h5-6,8-9,11H,3-4,7,10H2,1-2H3,(H,19,22)(H2,20,21,26)/t11-/m0/s1. The molecule has 0 saturated carbocycles. The van der Waals surface area contributed by atoms with Crippen LogP contribution in [0.4, 0.5) is 0 Å². The Labute approximate surface area is 167 Å². The topological polar surface area (TPSA) is 135 Å². The first-order chi connectivity index (χ1) is 13.8. The molecule has 29 heavy (non-hydrogen) atoms. The third-order valence-electron chi connectivity index (χ3n) is 5.22. The average Bonchev–Trinajstić information content (AvgIpc) is 3.32. The van der Waals surface area contributed by atoms with Gasteiger partial charge in [-0.3, -0.25) is 9.89 Å². The fourth-order valence-electron chi connectivity index (χ4n) is 3.74. The Morgan fingerprint density at radius 2 is 2.00 bits per heavy atom. The second-order valence-electron chi connectivity index (χ2n) is 7.39. The fourth-order valence-corrected chi connectivity index (χ4v) is 5.29. The number of nitrogens with zero attached hydrogens (tertiary/aromatic N) is 3. The number of amides is 1. The summed E-state index contributed by atoms with van der Waals surface area (Å²) < 4.78 is 27.8. The van der Waals surface area contributed by atoms with E-state index < -0.39 is 10.0 Å². The quantitative estimate of drug-likeness (QED) is 0.577. The highest BCUT2D eigenvalue weighted by Crippen LogP contribution is 2.31. The number of hydrogen-bond donors (Lipinski definition) is 3. The van der Waals surface area contributed by atoms with Crippen molar-refractivity contribution in [3.8, 4) is 0 Å². The maximum atomic E-state index is 13.2. The summed E-state index contributed by atoms with van der Waals surface area (Å²) >= 11 is 0. The minimum Gasteiger partial charge on any atom is -0.345 e. The van der Waals surface area contributed by atoms with E-state index in [0.717, 1.165) is 6.42 Å². The first-order valence-corrected chi connectivity index (χ1v) is 10.7. The molecule has 4 rings (SSSR count). The molecule has 11 heteroatoms. The van der Waals surface area contributed by atoms with Crippen LogP contribution in [0.5, 0.6) is 0 Å². The molecule has 1 amide bonds. The lowest BCUT2D eigenvalue weighted by Gasteiger charge is -2.32. The van der Waals surface area contributed by atoms with Gasteiger partial charge in [0, 0.05) is 33.1 Å². The highest BCUT2D eigenvalue weighted by atomic mass is 32.2. The molecule has 10 nitrogen and oxygen atoms in total. The number of carbonyl (C=O) groups excluding carboxylic acids is 1. The summed E-state index contributed by atoms with van der Waals surface area (Å²) in [6, 6.07) is 4.52. The zero-order chi connectivity index (χ0) is 20.8. The van der Waals surface area contributed by atoms with Crippen LogP contribution in [-0.2, 0) is 10.0 Å². The summed E-state index contributed by atoms with van der Waals surface area (Å²) in [6.07, 6.45) is 2.91. The molecule has 154 valence electrons. The van der Waals surface area contributed by atoms with Gasteiger partial charge in [0.2, 0.25) is 10.0 Å². The number of sulfonamides is 1. The molecule has 0 spiro atoms. The van der Waals surface area contributed by atoms with Crippen LogP contribution in [0.3, 0.4) is 0 Å². The van der Waals surface area contributed by atoms with E-state index in [0.29, 0.717) is 35.3 Å². The van der Waals surface area contributed by atoms with E-state index in [2.05, 4.69) is 20.2 Å². The van der Waals surface area contributed by atoms with Gasteiger partial charge < -0.3 is 14.9 Å². The number of imidazole rings is 1. The lowest BCUT2D eigenvalue weighted by Crippen LogP contribution is -2.39. The fraction of sp³-hybridized carbons (Fsp3) is 0.389. The molecule has 0 radical (unpaired) electrons. The number of aromatic nitrogens is 4. The number of piperidine rings is 1. The van der Waals surface area contributed by atoms with Gasteiger partial charge in [-0.15, -0.1) is 0 Å². The van der Waals surface area contributed by atoms with E-state index >= 15 is 0 Å². The van der Waals surface area contributed by atoms with E-state index in [4.69, 9.17) is 0 Å². The van der Waals surface area contributed by atoms with Gasteiger partial charge in [0.05, 0.1) is 33.4 Å². The van der Waals surface area contributed by atoms with Gasteiger partial charge in [0.1, 0.15) is 0 Å². The number of benzene rings is 1. The zero-order valence-electron chi connectivity index (χ0n) is 16.1. The van der Waals surface area contributed by atoms with Crippen molar-refractivity contribution in [1.29, 1.82) is 0 Å². The molecule has 0 aliphatic carbocycles. The summed E-state index contributed by atoms with van der Waals surface area (Å²) in [7, 11) is -0.420. The molecular formula is C18H22N6O4S. The normalized spacial score (nSPS) is 18.2. The number of H-pyrrole nitrogens is 3. The van der Waals surface area contributed by atoms with Crippen molar-refractivity contribution in [3.05, 3.63) is 46.1 Å². The third-order valence-corrected chi connectivity index (χ3v) is 7.08. The summed E-state index contributed by atoms with van der Waals surface area (Å²) in [4.78, 5) is 30.6. The van der Waals surface area contributed by atoms with E-state index in [1.54, 1.807) is 20.2 Å². The molecule has 1 atom stereocenters. The number of rotatable bonds is 4. The van der Waals surface area contributed by atoms with Crippen molar-refractivity contribution in [2.75, 3.05) is 27.2 Å². The molecule has 0 bridgehead atoms. The van der Waals surface area contributed by atoms with Crippen LogP contribution in [0.15, 0.2) is 34.1 Å². The smallest absolute Gasteiger partial charge is 0.323 e. The van der Waals surface area contributed by atoms with Gasteiger partial charge in [-0.1, -0.05) is 0 Å². The van der Waals surface area contributed by atoms with Crippen LogP contribution >= 0.6 is 0 Å². The molecule has 0 unspecified atom stereocenters. The maximum absolute atomic E-state index is 13.2. The van der Waals surface area contributed by atoms with Gasteiger partial charge in [0.25, 0.3) is 5.91 Å². The van der Waals surface area contributed by atoms with Crippen molar-refractivity contribution < 1.29 is 13.2 Å². The predicted molar refractivity (Wildman–Crippen MR) is 106 cm³/mol. The molecule has 3 N–H and O–H groups in total. The van der Waals surface area contributed by atoms with Crippen LogP contribution in [0.1, 0.15) is 34.8 Å². The summed E-state index contributed by atoms with van der Waals surface area (Å²) in [6.45, 7) is 0.644. The molecular weight excluding hydrogens is 396 g/mol. The number of carbonyl (C=O) groups is 1. The first kappa shape index (κ1) is 19.4. The predicted octanol–water partition coefficient (Wildman–Crippen LogP) is 0.849. The Bertz CT molecular complexity index is 1220. The monoisotopic (exact) mass is 418 g/mol. The summed E-state index contributed by atoms with van der Waals surface area (Å²) in [5, 5.41) is 6.89. The molecule has 1 fully saturated rings. The van der Waals surface area contributed by atoms with Crippen LogP contribution in [0, 0.1) is 0 Å². The second kappa shape index (κ2) is 7.16. The largest absolute Gasteiger partial charge is 0.345 e. The first-order valence-electron chi connectivity index (χ1n) is 9.24. The van der Waals surface area contributed by atoms with Gasteiger partial charge in [-0.05, 0) is 31.0 Å². The van der Waals surface area contributed by atoms with Crippen molar-refractivity contribution >= 4 is 27.0 Å². The number of fused-ring (bicyclic) bond motifs is 1. The van der Waals surface area contributed by atoms with Gasteiger partial charge in [-0.2, -0.15) is 9.40 Å². The molecule has 1 aliphatic heterocycles. The average molecular weight is 418 g/mol. The Hall–Kier alpha value is -2.92. The lowest BCUT2D eigenvalue weighted by atomic mass is 9.93. The highest BCUT2D eigenvalue weighted by Gasteiger charge is 2.33. The Kier molecular flexibility index (Phi) is 4.79. The van der Waals surface area contributed by atoms with E-state index in [9.17, 15) is 18.0 Å². The van der Waals surface area contributed by atoms with E-state index in [-0.39, 0.29) is 29.0 Å². The number of nitrogens with one attached hydrogen (secondary N) is 3. The number of hydrogen-bond acceptors (Lipinski definition) is 5. The van der Waals surface area contributed by atoms with Gasteiger partial charge >= 0.3 is 5.69 Å². The van der Waals surface area contributed by atoms with Gasteiger partial charge in [0.15, 0.2) is 0 Å². The van der Waals surface area contributed by atoms with Crippen molar-refractivity contribution in [1.82, 2.24) is 29.4 Å². The molecule has 3 heterocycles. The molecule has 2 aromatic heterocycles. The maximum Gasteiger partial charge on any atom is 0.323 e. The van der Waals surface area contributed by atoms with Crippen molar-refractivity contribution in [3.63, 3.8) is 0 Å². The van der Waals surface area contributed by atoms with Crippen molar-refractivity contribution in [2.45, 2.75) is 23.7 Å². The Morgan fingerprint density at radius 1 is 1.24 bits per heavy atom. The molecule has 1 saturated heterocycles. The summed E-state index contributed by atoms with van der Waals surface area (Å²) in [5.74, 6) is -0.327. The van der Waals surface area contributed by atoms with Crippen LogP contribution in [-0.4, -0.2) is 70.9 Å². The highest BCUT2D eigenvalue weighted by molar-refractivity contribution is 7.89. The van der Waals surface area contributed by atoms with Crippen LogP contribution in [0.25, 0.3) is 11.0 Å². The van der Waals surface area contributed by atoms with Crippen molar-refractivity contribution in [2.24, 2.45) is 0 Å². The SMILES string of the molecule is CN(C)C(=O)c1cn[nH]c1[C@H]1CCCN(S(=O)(=O)c2ccc3[nH]c(=O)[nH]c3c2)C1. The van der Waals surface area contributed by atoms with Gasteiger partial charge in [-0.25, -0.2) is 13.2 Å². The third kappa shape index (κ3) is 3.47. The van der Waals surface area contributed by atoms with Crippen LogP contribution in [0.2, 0.25) is 0 Å². The molecule has 1 aliphatic rings. The van der Waals surface area contributed by atoms with E-state index in [1.165, 1.54) is 27.5 Å². The molecule has 1 aromatic carbocycles. The minimum atomic E-state index is -3.75. The number of aromatic amines is 3. The minimum absolute atomic E-state index is 0.120. The van der Waals surface area contributed by atoms with E-state index in [1.807, 2.05) is 0 Å². The second-order valence-corrected chi connectivity index (χ2v) is 9.32. The molecule has 3 aromatic rings.